The number of rotatable bonds is 3. The Kier molecular flexibility index (Phi) is 3.28. The average Bonchev–Trinajstić information content (AvgIpc) is 2.36. The minimum Gasteiger partial charge on any atom is -0.479 e. The summed E-state index contributed by atoms with van der Waals surface area (Å²) in [6.07, 6.45) is 1.50. The third-order valence-electron chi connectivity index (χ3n) is 2.79. The van der Waals surface area contributed by atoms with Crippen LogP contribution in [0.15, 0.2) is 53.5 Å². The number of carboxylic acid groups (broad SMARTS) is 1. The quantitative estimate of drug-likeness (QED) is 0.894. The van der Waals surface area contributed by atoms with Gasteiger partial charge < -0.3 is 5.11 Å². The van der Waals surface area contributed by atoms with Crippen molar-refractivity contribution < 1.29 is 9.90 Å². The van der Waals surface area contributed by atoms with Gasteiger partial charge in [0.05, 0.1) is 0 Å². The van der Waals surface area contributed by atoms with E-state index in [4.69, 9.17) is 0 Å². The number of nitrogens with zero attached hydrogens (tertiary/aromatic N) is 1. The monoisotopic (exact) mass is 243 g/mol. The van der Waals surface area contributed by atoms with Crippen LogP contribution in [0.4, 0.5) is 0 Å². The van der Waals surface area contributed by atoms with E-state index in [0.717, 1.165) is 0 Å². The van der Waals surface area contributed by atoms with Gasteiger partial charge in [-0.1, -0.05) is 36.4 Å². The SMILES string of the molecule is Cc1cccn(C(C(=O)O)c2ccccc2)c1=O. The van der Waals surface area contributed by atoms with Crippen LogP contribution in [0.25, 0.3) is 0 Å². The maximum atomic E-state index is 12.0. The van der Waals surface area contributed by atoms with Crippen LogP contribution in [0.5, 0.6) is 0 Å². The number of hydrogen-bond acceptors (Lipinski definition) is 2. The lowest BCUT2D eigenvalue weighted by Gasteiger charge is -2.16. The van der Waals surface area contributed by atoms with Gasteiger partial charge in [-0.25, -0.2) is 4.79 Å². The van der Waals surface area contributed by atoms with E-state index in [-0.39, 0.29) is 5.56 Å². The highest BCUT2D eigenvalue weighted by Crippen LogP contribution is 2.16. The predicted octanol–water partition coefficient (Wildman–Crippen LogP) is 1.83. The summed E-state index contributed by atoms with van der Waals surface area (Å²) in [4.78, 5) is 23.4. The van der Waals surface area contributed by atoms with Gasteiger partial charge in [0, 0.05) is 11.8 Å². The molecule has 18 heavy (non-hydrogen) atoms. The van der Waals surface area contributed by atoms with Gasteiger partial charge in [-0.15, -0.1) is 0 Å². The van der Waals surface area contributed by atoms with Gasteiger partial charge in [-0.2, -0.15) is 0 Å². The van der Waals surface area contributed by atoms with Crippen molar-refractivity contribution in [1.82, 2.24) is 4.57 Å². The molecule has 0 saturated carbocycles. The Morgan fingerprint density at radius 1 is 1.17 bits per heavy atom. The molecule has 0 fully saturated rings. The first kappa shape index (κ1) is 12.1. The van der Waals surface area contributed by atoms with Crippen LogP contribution in [-0.4, -0.2) is 15.6 Å². The van der Waals surface area contributed by atoms with Gasteiger partial charge in [0.25, 0.3) is 5.56 Å². The number of carbonyl (C=O) groups is 1. The Balaban J connectivity index is 2.60. The fourth-order valence-electron chi connectivity index (χ4n) is 1.88. The van der Waals surface area contributed by atoms with Crippen LogP contribution in [0.3, 0.4) is 0 Å². The van der Waals surface area contributed by atoms with Gasteiger partial charge in [-0.05, 0) is 18.6 Å². The van der Waals surface area contributed by atoms with Crippen LogP contribution in [0.2, 0.25) is 0 Å². The number of aliphatic carboxylic acids is 1. The van der Waals surface area contributed by atoms with Crippen molar-refractivity contribution >= 4 is 5.97 Å². The summed E-state index contributed by atoms with van der Waals surface area (Å²) in [5.74, 6) is -1.05. The molecular weight excluding hydrogens is 230 g/mol. The van der Waals surface area contributed by atoms with Crippen molar-refractivity contribution in [3.63, 3.8) is 0 Å². The van der Waals surface area contributed by atoms with Crippen LogP contribution in [0, 0.1) is 6.92 Å². The van der Waals surface area contributed by atoms with Crippen molar-refractivity contribution in [2.75, 3.05) is 0 Å². The lowest BCUT2D eigenvalue weighted by Crippen LogP contribution is -2.31. The zero-order valence-electron chi connectivity index (χ0n) is 9.91. The Morgan fingerprint density at radius 2 is 1.83 bits per heavy atom. The smallest absolute Gasteiger partial charge is 0.331 e. The first-order valence-electron chi connectivity index (χ1n) is 5.57. The fourth-order valence-corrected chi connectivity index (χ4v) is 1.88. The minimum atomic E-state index is -1.05. The molecule has 0 amide bonds. The van der Waals surface area contributed by atoms with E-state index in [1.165, 1.54) is 10.8 Å². The molecular formula is C14H13NO3. The van der Waals surface area contributed by atoms with Crippen LogP contribution >= 0.6 is 0 Å². The molecule has 1 unspecified atom stereocenters. The molecule has 1 aromatic heterocycles. The van der Waals surface area contributed by atoms with Gasteiger partial charge in [0.15, 0.2) is 6.04 Å². The molecule has 0 spiro atoms. The standard InChI is InChI=1S/C14H13NO3/c1-10-6-5-9-15(13(10)16)12(14(17)18)11-7-3-2-4-8-11/h2-9,12H,1H3,(H,17,18). The lowest BCUT2D eigenvalue weighted by atomic mass is 10.1. The van der Waals surface area contributed by atoms with E-state index in [0.29, 0.717) is 11.1 Å². The highest BCUT2D eigenvalue weighted by atomic mass is 16.4. The third-order valence-corrected chi connectivity index (χ3v) is 2.79. The normalized spacial score (nSPS) is 12.1. The second-order valence-corrected chi connectivity index (χ2v) is 4.06. The van der Waals surface area contributed by atoms with E-state index in [9.17, 15) is 14.7 Å². The second-order valence-electron chi connectivity index (χ2n) is 4.06. The zero-order chi connectivity index (χ0) is 13.1. The van der Waals surface area contributed by atoms with Crippen molar-refractivity contribution in [1.29, 1.82) is 0 Å². The molecule has 1 N–H and O–H groups in total. The summed E-state index contributed by atoms with van der Waals surface area (Å²) < 4.78 is 1.24. The van der Waals surface area contributed by atoms with Crippen molar-refractivity contribution in [3.05, 3.63) is 70.1 Å². The average molecular weight is 243 g/mol. The predicted molar refractivity (Wildman–Crippen MR) is 67.7 cm³/mol. The molecule has 0 aliphatic rings. The molecule has 0 aliphatic carbocycles. The Bertz CT molecular complexity index is 616. The molecule has 0 saturated heterocycles. The van der Waals surface area contributed by atoms with E-state index in [1.807, 2.05) is 0 Å². The van der Waals surface area contributed by atoms with Gasteiger partial charge in [0.1, 0.15) is 0 Å². The topological polar surface area (TPSA) is 59.3 Å². The molecule has 4 heteroatoms. The Morgan fingerprint density at radius 3 is 2.44 bits per heavy atom. The number of aryl methyl sites for hydroxylation is 1. The highest BCUT2D eigenvalue weighted by Gasteiger charge is 2.22. The van der Waals surface area contributed by atoms with Crippen molar-refractivity contribution in [3.8, 4) is 0 Å². The molecule has 1 heterocycles. The molecule has 2 rings (SSSR count). The summed E-state index contributed by atoms with van der Waals surface area (Å²) >= 11 is 0. The maximum Gasteiger partial charge on any atom is 0.331 e. The number of hydrogen-bond donors (Lipinski definition) is 1. The molecule has 2 aromatic rings. The molecule has 1 atom stereocenters. The van der Waals surface area contributed by atoms with E-state index in [1.54, 1.807) is 49.4 Å². The maximum absolute atomic E-state index is 12.0. The van der Waals surface area contributed by atoms with Crippen molar-refractivity contribution in [2.45, 2.75) is 13.0 Å². The molecule has 0 bridgehead atoms. The number of benzene rings is 1. The summed E-state index contributed by atoms with van der Waals surface area (Å²) in [5.41, 5.74) is 0.825. The van der Waals surface area contributed by atoms with Crippen LogP contribution < -0.4 is 5.56 Å². The van der Waals surface area contributed by atoms with E-state index >= 15 is 0 Å². The molecule has 0 radical (unpaired) electrons. The minimum absolute atomic E-state index is 0.284. The second kappa shape index (κ2) is 4.87. The summed E-state index contributed by atoms with van der Waals surface area (Å²) in [6.45, 7) is 1.67. The molecule has 0 aliphatic heterocycles. The van der Waals surface area contributed by atoms with Gasteiger partial charge in [-0.3, -0.25) is 9.36 Å². The third kappa shape index (κ3) is 2.18. The zero-order valence-corrected chi connectivity index (χ0v) is 9.91. The van der Waals surface area contributed by atoms with Crippen LogP contribution in [0.1, 0.15) is 17.2 Å². The summed E-state index contributed by atoms with van der Waals surface area (Å²) in [6, 6.07) is 11.1. The molecule has 1 aromatic carbocycles. The summed E-state index contributed by atoms with van der Waals surface area (Å²) in [7, 11) is 0. The Hall–Kier alpha value is -2.36. The summed E-state index contributed by atoms with van der Waals surface area (Å²) in [5, 5.41) is 9.34. The van der Waals surface area contributed by atoms with Crippen molar-refractivity contribution in [2.24, 2.45) is 0 Å². The fraction of sp³-hybridized carbons (Fsp3) is 0.143. The first-order valence-corrected chi connectivity index (χ1v) is 5.57. The van der Waals surface area contributed by atoms with Gasteiger partial charge >= 0.3 is 5.97 Å². The largest absolute Gasteiger partial charge is 0.479 e. The van der Waals surface area contributed by atoms with Crippen LogP contribution in [-0.2, 0) is 4.79 Å². The van der Waals surface area contributed by atoms with E-state index < -0.39 is 12.0 Å². The highest BCUT2D eigenvalue weighted by molar-refractivity contribution is 5.76. The first-order chi connectivity index (χ1) is 8.61. The molecule has 92 valence electrons. The van der Waals surface area contributed by atoms with E-state index in [2.05, 4.69) is 0 Å². The number of pyridine rings is 1. The lowest BCUT2D eigenvalue weighted by molar-refractivity contribution is -0.139. The number of carboxylic acids is 1. The van der Waals surface area contributed by atoms with Gasteiger partial charge in [0.2, 0.25) is 0 Å². The molecule has 4 nitrogen and oxygen atoms in total. The number of aromatic nitrogens is 1. The Labute approximate surface area is 104 Å².